The molecule has 0 aliphatic heterocycles. The zero-order chi connectivity index (χ0) is 7.56. The number of H-pyrrole nitrogens is 1. The van der Waals surface area contributed by atoms with Gasteiger partial charge in [-0.3, -0.25) is 0 Å². The predicted octanol–water partition coefficient (Wildman–Crippen LogP) is -0.153. The van der Waals surface area contributed by atoms with Gasteiger partial charge in [0.15, 0.2) is 0 Å². The van der Waals surface area contributed by atoms with Gasteiger partial charge in [-0.2, -0.15) is 4.68 Å². The third kappa shape index (κ3) is 1.31. The van der Waals surface area contributed by atoms with Crippen molar-refractivity contribution in [3.63, 3.8) is 0 Å². The summed E-state index contributed by atoms with van der Waals surface area (Å²) in [6, 6.07) is 0. The van der Waals surface area contributed by atoms with Gasteiger partial charge in [0.2, 0.25) is 0 Å². The molecule has 5 heteroatoms. The second-order valence-corrected chi connectivity index (χ2v) is 2.16. The molecular formula is C5H8N4O. The zero-order valence-corrected chi connectivity index (χ0v) is 5.83. The lowest BCUT2D eigenvalue weighted by atomic mass is 10.4. The molecule has 5 nitrogen and oxygen atoms in total. The summed E-state index contributed by atoms with van der Waals surface area (Å²) >= 11 is 0. The number of allylic oxidation sites excluding steroid dienone is 1. The Bertz CT molecular complexity index is 291. The van der Waals surface area contributed by atoms with Gasteiger partial charge in [-0.15, -0.1) is 0 Å². The molecule has 0 unspecified atom stereocenters. The van der Waals surface area contributed by atoms with E-state index in [4.69, 9.17) is 0 Å². The Morgan fingerprint density at radius 1 is 1.70 bits per heavy atom. The number of rotatable bonds is 1. The van der Waals surface area contributed by atoms with Crippen LogP contribution in [0.4, 0.5) is 0 Å². The first-order chi connectivity index (χ1) is 4.70. The maximum absolute atomic E-state index is 10.7. The van der Waals surface area contributed by atoms with Crippen LogP contribution in [0.1, 0.15) is 13.8 Å². The van der Waals surface area contributed by atoms with Gasteiger partial charge in [-0.05, 0) is 24.3 Å². The smallest absolute Gasteiger partial charge is 0.244 e. The van der Waals surface area contributed by atoms with Gasteiger partial charge in [-0.25, -0.2) is 9.89 Å². The quantitative estimate of drug-likeness (QED) is 0.589. The van der Waals surface area contributed by atoms with E-state index < -0.39 is 0 Å². The van der Waals surface area contributed by atoms with Crippen LogP contribution in [0.25, 0.3) is 6.20 Å². The summed E-state index contributed by atoms with van der Waals surface area (Å²) in [6.07, 6.45) is 1.60. The van der Waals surface area contributed by atoms with Crippen LogP contribution in [-0.2, 0) is 0 Å². The summed E-state index contributed by atoms with van der Waals surface area (Å²) in [5.41, 5.74) is 0.678. The molecule has 1 aromatic heterocycles. The first kappa shape index (κ1) is 6.73. The molecule has 1 N–H and O–H groups in total. The number of hydrogen-bond acceptors (Lipinski definition) is 3. The molecule has 0 atom stereocenters. The zero-order valence-electron chi connectivity index (χ0n) is 5.83. The van der Waals surface area contributed by atoms with Crippen LogP contribution in [0.15, 0.2) is 10.4 Å². The monoisotopic (exact) mass is 140 g/mol. The fraction of sp³-hybridized carbons (Fsp3) is 0.400. The van der Waals surface area contributed by atoms with Crippen molar-refractivity contribution in [2.45, 2.75) is 13.8 Å². The number of tetrazole rings is 1. The van der Waals surface area contributed by atoms with E-state index in [1.54, 1.807) is 6.20 Å². The summed E-state index contributed by atoms with van der Waals surface area (Å²) < 4.78 is 1.15. The van der Waals surface area contributed by atoms with Gasteiger partial charge in [0.1, 0.15) is 0 Å². The molecule has 0 spiro atoms. The molecule has 1 rings (SSSR count). The fourth-order valence-electron chi connectivity index (χ4n) is 0.534. The largest absolute Gasteiger partial charge is 0.365 e. The fourth-order valence-corrected chi connectivity index (χ4v) is 0.534. The lowest BCUT2D eigenvalue weighted by Gasteiger charge is -1.85. The van der Waals surface area contributed by atoms with Crippen LogP contribution >= 0.6 is 0 Å². The number of nitrogens with zero attached hydrogens (tertiary/aromatic N) is 3. The average molecular weight is 140 g/mol. The summed E-state index contributed by atoms with van der Waals surface area (Å²) in [7, 11) is 0. The van der Waals surface area contributed by atoms with E-state index >= 15 is 0 Å². The molecule has 0 bridgehead atoms. The third-order valence-electron chi connectivity index (χ3n) is 0.875. The number of hydrogen-bond donors (Lipinski definition) is 1. The van der Waals surface area contributed by atoms with Gasteiger partial charge in [0, 0.05) is 6.20 Å². The van der Waals surface area contributed by atoms with Crippen LogP contribution in [0.2, 0.25) is 0 Å². The topological polar surface area (TPSA) is 63.6 Å². The lowest BCUT2D eigenvalue weighted by molar-refractivity contribution is 0.809. The maximum Gasteiger partial charge on any atom is 0.365 e. The van der Waals surface area contributed by atoms with Crippen molar-refractivity contribution >= 4 is 6.20 Å². The van der Waals surface area contributed by atoms with Crippen LogP contribution in [0, 0.1) is 0 Å². The summed E-state index contributed by atoms with van der Waals surface area (Å²) in [5, 5.41) is 8.96. The number of aromatic nitrogens is 4. The number of nitrogens with one attached hydrogen (secondary N) is 1. The Hall–Kier alpha value is -1.39. The lowest BCUT2D eigenvalue weighted by Crippen LogP contribution is -2.12. The molecule has 0 aromatic carbocycles. The Kier molecular flexibility index (Phi) is 1.66. The highest BCUT2D eigenvalue weighted by atomic mass is 16.2. The van der Waals surface area contributed by atoms with Crippen LogP contribution in [0.5, 0.6) is 0 Å². The Morgan fingerprint density at radius 3 is 2.80 bits per heavy atom. The molecule has 0 saturated heterocycles. The van der Waals surface area contributed by atoms with E-state index in [0.717, 1.165) is 10.3 Å². The summed E-state index contributed by atoms with van der Waals surface area (Å²) in [4.78, 5) is 10.7. The molecule has 0 saturated carbocycles. The van der Waals surface area contributed by atoms with Crippen molar-refractivity contribution in [1.82, 2.24) is 20.2 Å². The first-order valence-electron chi connectivity index (χ1n) is 2.85. The predicted molar refractivity (Wildman–Crippen MR) is 36.3 cm³/mol. The molecule has 54 valence electrons. The normalized spacial score (nSPS) is 9.40. The number of aromatic amines is 1. The Labute approximate surface area is 57.3 Å². The minimum atomic E-state index is -0.318. The van der Waals surface area contributed by atoms with Gasteiger partial charge in [0.05, 0.1) is 0 Å². The molecule has 0 radical (unpaired) electrons. The second kappa shape index (κ2) is 2.47. The first-order valence-corrected chi connectivity index (χ1v) is 2.85. The van der Waals surface area contributed by atoms with Crippen molar-refractivity contribution in [3.8, 4) is 0 Å². The van der Waals surface area contributed by atoms with Gasteiger partial charge in [-0.1, -0.05) is 5.57 Å². The van der Waals surface area contributed by atoms with Crippen LogP contribution in [0.3, 0.4) is 0 Å². The molecule has 1 heterocycles. The van der Waals surface area contributed by atoms with Crippen molar-refractivity contribution in [3.05, 3.63) is 16.1 Å². The average Bonchev–Trinajstić information content (AvgIpc) is 2.15. The molecule has 0 aliphatic carbocycles. The minimum Gasteiger partial charge on any atom is -0.244 e. The standard InChI is InChI=1S/C5H8N4O/c1-4(2)3-9-5(10)6-7-8-9/h3H,1-2H3,(H,6,8,10). The molecule has 0 aliphatic rings. The maximum atomic E-state index is 10.7. The molecule has 10 heavy (non-hydrogen) atoms. The van der Waals surface area contributed by atoms with Crippen LogP contribution in [-0.4, -0.2) is 20.2 Å². The SMILES string of the molecule is CC(C)=Cn1nn[nH]c1=O. The van der Waals surface area contributed by atoms with E-state index in [2.05, 4.69) is 15.5 Å². The van der Waals surface area contributed by atoms with E-state index in [9.17, 15) is 4.79 Å². The van der Waals surface area contributed by atoms with E-state index in [-0.39, 0.29) is 5.69 Å². The van der Waals surface area contributed by atoms with E-state index in [1.807, 2.05) is 13.8 Å². The molecule has 0 fully saturated rings. The van der Waals surface area contributed by atoms with Crippen molar-refractivity contribution in [1.29, 1.82) is 0 Å². The molecule has 1 aromatic rings. The Morgan fingerprint density at radius 2 is 2.40 bits per heavy atom. The third-order valence-corrected chi connectivity index (χ3v) is 0.875. The highest BCUT2D eigenvalue weighted by Crippen LogP contribution is 1.87. The van der Waals surface area contributed by atoms with Crippen molar-refractivity contribution < 1.29 is 0 Å². The highest BCUT2D eigenvalue weighted by Gasteiger charge is 1.91. The van der Waals surface area contributed by atoms with E-state index in [1.165, 1.54) is 0 Å². The molecular weight excluding hydrogens is 132 g/mol. The minimum absolute atomic E-state index is 0.318. The van der Waals surface area contributed by atoms with Crippen LogP contribution < -0.4 is 5.69 Å². The van der Waals surface area contributed by atoms with Crippen molar-refractivity contribution in [2.75, 3.05) is 0 Å². The second-order valence-electron chi connectivity index (χ2n) is 2.16. The summed E-state index contributed by atoms with van der Waals surface area (Å²) in [6.45, 7) is 3.75. The highest BCUT2D eigenvalue weighted by molar-refractivity contribution is 5.24. The summed E-state index contributed by atoms with van der Waals surface area (Å²) in [5.74, 6) is 0. The molecule has 0 amide bonds. The Balaban J connectivity index is 3.07. The van der Waals surface area contributed by atoms with Gasteiger partial charge < -0.3 is 0 Å². The van der Waals surface area contributed by atoms with Gasteiger partial charge >= 0.3 is 5.69 Å². The van der Waals surface area contributed by atoms with Gasteiger partial charge in [0.25, 0.3) is 0 Å². The van der Waals surface area contributed by atoms with Crippen molar-refractivity contribution in [2.24, 2.45) is 0 Å². The van der Waals surface area contributed by atoms with E-state index in [0.29, 0.717) is 0 Å².